The van der Waals surface area contributed by atoms with Gasteiger partial charge >= 0.3 is 5.97 Å². The highest BCUT2D eigenvalue weighted by Crippen LogP contribution is 2.17. The summed E-state index contributed by atoms with van der Waals surface area (Å²) in [6.45, 7) is 0. The highest BCUT2D eigenvalue weighted by Gasteiger charge is 2.15. The average Bonchev–Trinajstić information content (AvgIpc) is 2.85. The number of para-hydroxylation sites is 1. The van der Waals surface area contributed by atoms with Gasteiger partial charge in [-0.15, -0.1) is 0 Å². The van der Waals surface area contributed by atoms with Gasteiger partial charge < -0.3 is 15.8 Å². The van der Waals surface area contributed by atoms with E-state index in [4.69, 9.17) is 5.73 Å². The van der Waals surface area contributed by atoms with Crippen LogP contribution in [0.3, 0.4) is 0 Å². The molecule has 0 radical (unpaired) electrons. The highest BCUT2D eigenvalue weighted by molar-refractivity contribution is 6.07. The number of hydrogen-bond acceptors (Lipinski definition) is 5. The van der Waals surface area contributed by atoms with Crippen LogP contribution >= 0.6 is 0 Å². The molecule has 7 heteroatoms. The molecule has 7 nitrogen and oxygen atoms in total. The number of aromatic nitrogens is 2. The highest BCUT2D eigenvalue weighted by atomic mass is 16.5. The van der Waals surface area contributed by atoms with Crippen LogP contribution in [0.25, 0.3) is 0 Å². The molecule has 0 aliphatic heterocycles. The van der Waals surface area contributed by atoms with Crippen molar-refractivity contribution in [3.8, 4) is 0 Å². The molecule has 0 bridgehead atoms. The molecule has 0 spiro atoms. The molecule has 98 valence electrons. The molecule has 0 saturated heterocycles. The van der Waals surface area contributed by atoms with Crippen LogP contribution in [-0.2, 0) is 4.74 Å². The number of H-pyrrole nitrogens is 1. The van der Waals surface area contributed by atoms with Crippen molar-refractivity contribution in [3.05, 3.63) is 41.6 Å². The number of nitrogens with two attached hydrogens (primary N) is 1. The lowest BCUT2D eigenvalue weighted by atomic mass is 10.1. The standard InChI is InChI=1S/C12H12N4O3/c1-19-12(18)7-4-2-3-5-8(7)14-11(17)9-6-10(13)16-15-9/h2-6H,1H3,(H,14,17)(H3,13,15,16). The van der Waals surface area contributed by atoms with Crippen LogP contribution in [0.5, 0.6) is 0 Å². The first-order valence-corrected chi connectivity index (χ1v) is 5.41. The van der Waals surface area contributed by atoms with Crippen molar-refractivity contribution < 1.29 is 14.3 Å². The van der Waals surface area contributed by atoms with Gasteiger partial charge in [0.15, 0.2) is 0 Å². The molecule has 0 unspecified atom stereocenters. The summed E-state index contributed by atoms with van der Waals surface area (Å²) in [4.78, 5) is 23.4. The Bertz CT molecular complexity index is 621. The van der Waals surface area contributed by atoms with Crippen LogP contribution in [0.4, 0.5) is 11.5 Å². The Morgan fingerprint density at radius 3 is 2.74 bits per heavy atom. The normalized spacial score (nSPS) is 9.95. The van der Waals surface area contributed by atoms with E-state index in [9.17, 15) is 9.59 Å². The maximum absolute atomic E-state index is 11.9. The van der Waals surface area contributed by atoms with Gasteiger partial charge in [0, 0.05) is 6.07 Å². The topological polar surface area (TPSA) is 110 Å². The molecule has 0 atom stereocenters. The van der Waals surface area contributed by atoms with Gasteiger partial charge in [-0.2, -0.15) is 5.10 Å². The summed E-state index contributed by atoms with van der Waals surface area (Å²) >= 11 is 0. The average molecular weight is 260 g/mol. The van der Waals surface area contributed by atoms with E-state index >= 15 is 0 Å². The van der Waals surface area contributed by atoms with Gasteiger partial charge in [-0.05, 0) is 12.1 Å². The number of aromatic amines is 1. The number of nitrogens with zero attached hydrogens (tertiary/aromatic N) is 1. The second-order valence-electron chi connectivity index (χ2n) is 3.70. The van der Waals surface area contributed by atoms with E-state index in [-0.39, 0.29) is 17.1 Å². The summed E-state index contributed by atoms with van der Waals surface area (Å²) in [5, 5.41) is 8.73. The van der Waals surface area contributed by atoms with E-state index < -0.39 is 11.9 Å². The van der Waals surface area contributed by atoms with E-state index in [1.807, 2.05) is 0 Å². The van der Waals surface area contributed by atoms with Crippen LogP contribution in [0.2, 0.25) is 0 Å². The number of carbonyl (C=O) groups excluding carboxylic acids is 2. The van der Waals surface area contributed by atoms with Gasteiger partial charge in [0.1, 0.15) is 11.5 Å². The minimum atomic E-state index is -0.528. The van der Waals surface area contributed by atoms with Crippen LogP contribution < -0.4 is 11.1 Å². The van der Waals surface area contributed by atoms with E-state index in [0.29, 0.717) is 5.69 Å². The summed E-state index contributed by atoms with van der Waals surface area (Å²) in [7, 11) is 1.27. The molecule has 0 aliphatic carbocycles. The Hall–Kier alpha value is -2.83. The number of anilines is 2. The molecule has 1 aromatic carbocycles. The summed E-state index contributed by atoms with van der Waals surface area (Å²) in [5.41, 5.74) is 6.24. The second-order valence-corrected chi connectivity index (χ2v) is 3.70. The van der Waals surface area contributed by atoms with E-state index in [0.717, 1.165) is 0 Å². The lowest BCUT2D eigenvalue weighted by Crippen LogP contribution is -2.15. The molecule has 0 aliphatic rings. The van der Waals surface area contributed by atoms with E-state index in [1.54, 1.807) is 24.3 Å². The Kier molecular flexibility index (Phi) is 3.46. The van der Waals surface area contributed by atoms with Gasteiger partial charge in [-0.25, -0.2) is 4.79 Å². The third-order valence-corrected chi connectivity index (χ3v) is 2.42. The van der Waals surface area contributed by atoms with Gasteiger partial charge in [-0.3, -0.25) is 9.89 Å². The predicted octanol–water partition coefficient (Wildman–Crippen LogP) is 1.03. The minimum absolute atomic E-state index is 0.206. The zero-order valence-electron chi connectivity index (χ0n) is 10.1. The molecule has 1 heterocycles. The Balaban J connectivity index is 2.24. The SMILES string of the molecule is COC(=O)c1ccccc1NC(=O)c1cc(N)n[nH]1. The molecule has 1 aromatic heterocycles. The molecular weight excluding hydrogens is 248 g/mol. The van der Waals surface area contributed by atoms with Crippen molar-refractivity contribution in [1.82, 2.24) is 10.2 Å². The number of ether oxygens (including phenoxy) is 1. The number of benzene rings is 1. The number of rotatable bonds is 3. The second kappa shape index (κ2) is 5.21. The first-order valence-electron chi connectivity index (χ1n) is 5.41. The number of amides is 1. The predicted molar refractivity (Wildman–Crippen MR) is 68.7 cm³/mol. The van der Waals surface area contributed by atoms with Gasteiger partial charge in [0.05, 0.1) is 18.4 Å². The van der Waals surface area contributed by atoms with Crippen molar-refractivity contribution >= 4 is 23.4 Å². The molecule has 4 N–H and O–H groups in total. The summed E-state index contributed by atoms with van der Waals surface area (Å²) in [6.07, 6.45) is 0. The van der Waals surface area contributed by atoms with Gasteiger partial charge in [0.25, 0.3) is 5.91 Å². The summed E-state index contributed by atoms with van der Waals surface area (Å²) in [5.74, 6) is -0.757. The molecular formula is C12H12N4O3. The molecule has 2 rings (SSSR count). The fourth-order valence-corrected chi connectivity index (χ4v) is 1.52. The Morgan fingerprint density at radius 2 is 2.11 bits per heavy atom. The first kappa shape index (κ1) is 12.6. The van der Waals surface area contributed by atoms with Crippen molar-refractivity contribution in [2.24, 2.45) is 0 Å². The minimum Gasteiger partial charge on any atom is -0.465 e. The zero-order valence-corrected chi connectivity index (χ0v) is 10.1. The van der Waals surface area contributed by atoms with E-state index in [2.05, 4.69) is 20.3 Å². The Labute approximate surface area is 108 Å². The first-order chi connectivity index (χ1) is 9.11. The van der Waals surface area contributed by atoms with E-state index in [1.165, 1.54) is 13.2 Å². The number of nitrogen functional groups attached to an aromatic ring is 1. The molecule has 19 heavy (non-hydrogen) atoms. The van der Waals surface area contributed by atoms with Crippen molar-refractivity contribution in [1.29, 1.82) is 0 Å². The Morgan fingerprint density at radius 1 is 1.37 bits per heavy atom. The molecule has 0 saturated carbocycles. The number of nitrogens with one attached hydrogen (secondary N) is 2. The van der Waals surface area contributed by atoms with Gasteiger partial charge in [0.2, 0.25) is 0 Å². The quantitative estimate of drug-likeness (QED) is 0.714. The number of hydrogen-bond donors (Lipinski definition) is 3. The monoisotopic (exact) mass is 260 g/mol. The summed E-state index contributed by atoms with van der Waals surface area (Å²) < 4.78 is 4.64. The van der Waals surface area contributed by atoms with Crippen LogP contribution in [0, 0.1) is 0 Å². The lowest BCUT2D eigenvalue weighted by molar-refractivity contribution is 0.0602. The third-order valence-electron chi connectivity index (χ3n) is 2.42. The van der Waals surface area contributed by atoms with Gasteiger partial charge in [-0.1, -0.05) is 12.1 Å². The third kappa shape index (κ3) is 2.71. The summed E-state index contributed by atoms with van der Waals surface area (Å²) in [6, 6.07) is 7.93. The van der Waals surface area contributed by atoms with Crippen LogP contribution in [0.1, 0.15) is 20.8 Å². The smallest absolute Gasteiger partial charge is 0.339 e. The molecule has 1 amide bonds. The number of esters is 1. The van der Waals surface area contributed by atoms with Crippen molar-refractivity contribution in [2.45, 2.75) is 0 Å². The fraction of sp³-hybridized carbons (Fsp3) is 0.0833. The van der Waals surface area contributed by atoms with Crippen molar-refractivity contribution in [2.75, 3.05) is 18.2 Å². The van der Waals surface area contributed by atoms with Crippen LogP contribution in [0.15, 0.2) is 30.3 Å². The maximum Gasteiger partial charge on any atom is 0.339 e. The number of carbonyl (C=O) groups is 2. The molecule has 2 aromatic rings. The largest absolute Gasteiger partial charge is 0.465 e. The molecule has 0 fully saturated rings. The zero-order chi connectivity index (χ0) is 13.8. The lowest BCUT2D eigenvalue weighted by Gasteiger charge is -2.08. The maximum atomic E-state index is 11.9. The number of methoxy groups -OCH3 is 1. The fourth-order valence-electron chi connectivity index (χ4n) is 1.52. The van der Waals surface area contributed by atoms with Crippen LogP contribution in [-0.4, -0.2) is 29.2 Å². The van der Waals surface area contributed by atoms with Crippen molar-refractivity contribution in [3.63, 3.8) is 0 Å².